The van der Waals surface area contributed by atoms with Gasteiger partial charge in [0, 0.05) is 11.9 Å². The van der Waals surface area contributed by atoms with E-state index in [9.17, 15) is 18.8 Å². The lowest BCUT2D eigenvalue weighted by molar-refractivity contribution is -0.124. The molecule has 0 aliphatic rings. The number of ether oxygens (including phenoxy) is 1. The number of carbonyl (C=O) groups excluding carboxylic acids is 2. The normalized spacial score (nSPS) is 10.6. The topological polar surface area (TPSA) is 85.6 Å². The van der Waals surface area contributed by atoms with Gasteiger partial charge in [-0.2, -0.15) is 0 Å². The van der Waals surface area contributed by atoms with Crippen molar-refractivity contribution in [1.29, 1.82) is 0 Å². The van der Waals surface area contributed by atoms with E-state index >= 15 is 0 Å². The number of rotatable bonds is 6. The second kappa shape index (κ2) is 8.27. The maximum absolute atomic E-state index is 12.8. The van der Waals surface area contributed by atoms with Crippen LogP contribution in [0.4, 0.5) is 4.39 Å². The van der Waals surface area contributed by atoms with Crippen molar-refractivity contribution in [2.24, 2.45) is 0 Å². The number of para-hydroxylation sites is 1. The van der Waals surface area contributed by atoms with E-state index in [0.29, 0.717) is 23.9 Å². The van der Waals surface area contributed by atoms with Crippen LogP contribution in [0.1, 0.15) is 15.9 Å². The van der Waals surface area contributed by atoms with Crippen LogP contribution in [0.15, 0.2) is 63.8 Å². The van der Waals surface area contributed by atoms with E-state index in [-0.39, 0.29) is 11.4 Å². The minimum absolute atomic E-state index is 0.271. The fraction of sp³-hybridized carbons (Fsp3) is 0.150. The highest BCUT2D eigenvalue weighted by Crippen LogP contribution is 2.13. The summed E-state index contributed by atoms with van der Waals surface area (Å²) in [5, 5.41) is 3.16. The average molecular weight is 369 g/mol. The Bertz CT molecular complexity index is 1030. The number of amides is 1. The minimum atomic E-state index is -0.928. The van der Waals surface area contributed by atoms with Crippen LogP contribution < -0.4 is 10.9 Å². The molecule has 1 N–H and O–H groups in total. The molecular formula is C20H16FNO5. The zero-order chi connectivity index (χ0) is 19.2. The molecule has 1 amide bonds. The first-order chi connectivity index (χ1) is 13.0. The van der Waals surface area contributed by atoms with Gasteiger partial charge in [-0.1, -0.05) is 30.3 Å². The molecule has 1 aromatic heterocycles. The quantitative estimate of drug-likeness (QED) is 0.533. The third-order valence-electron chi connectivity index (χ3n) is 3.84. The van der Waals surface area contributed by atoms with E-state index in [1.807, 2.05) is 0 Å². The van der Waals surface area contributed by atoms with Crippen molar-refractivity contribution in [2.45, 2.75) is 6.42 Å². The van der Waals surface area contributed by atoms with Crippen LogP contribution in [0.25, 0.3) is 11.0 Å². The molecule has 138 valence electrons. The SMILES string of the molecule is O=C(COC(=O)c1cc2ccccc2oc1=O)NCCc1ccc(F)cc1. The molecule has 6 nitrogen and oxygen atoms in total. The molecule has 7 heteroatoms. The number of carbonyl (C=O) groups is 2. The lowest BCUT2D eigenvalue weighted by atomic mass is 10.1. The molecule has 0 saturated carbocycles. The van der Waals surface area contributed by atoms with Crippen LogP contribution in [0, 0.1) is 5.82 Å². The van der Waals surface area contributed by atoms with Gasteiger partial charge in [-0.05, 0) is 36.2 Å². The summed E-state index contributed by atoms with van der Waals surface area (Å²) in [6.07, 6.45) is 0.508. The largest absolute Gasteiger partial charge is 0.452 e. The fourth-order valence-electron chi connectivity index (χ4n) is 2.46. The molecule has 3 aromatic rings. The Morgan fingerprint density at radius 2 is 1.81 bits per heavy atom. The first-order valence-corrected chi connectivity index (χ1v) is 8.24. The van der Waals surface area contributed by atoms with Crippen molar-refractivity contribution in [3.63, 3.8) is 0 Å². The predicted molar refractivity (Wildman–Crippen MR) is 95.9 cm³/mol. The number of halogens is 1. The molecule has 3 rings (SSSR count). The van der Waals surface area contributed by atoms with Crippen molar-refractivity contribution in [3.8, 4) is 0 Å². The van der Waals surface area contributed by atoms with Crippen LogP contribution >= 0.6 is 0 Å². The van der Waals surface area contributed by atoms with Gasteiger partial charge >= 0.3 is 11.6 Å². The third-order valence-corrected chi connectivity index (χ3v) is 3.84. The molecule has 1 heterocycles. The number of benzene rings is 2. The van der Waals surface area contributed by atoms with Gasteiger partial charge in [-0.15, -0.1) is 0 Å². The minimum Gasteiger partial charge on any atom is -0.452 e. The highest BCUT2D eigenvalue weighted by Gasteiger charge is 2.16. The van der Waals surface area contributed by atoms with Crippen molar-refractivity contribution in [3.05, 3.63) is 82.0 Å². The van der Waals surface area contributed by atoms with Crippen LogP contribution in [0.3, 0.4) is 0 Å². The number of fused-ring (bicyclic) bond motifs is 1. The monoisotopic (exact) mass is 369 g/mol. The van der Waals surface area contributed by atoms with Gasteiger partial charge in [-0.3, -0.25) is 4.79 Å². The second-order valence-electron chi connectivity index (χ2n) is 5.79. The Morgan fingerprint density at radius 1 is 1.07 bits per heavy atom. The predicted octanol–water partition coefficient (Wildman–Crippen LogP) is 2.45. The Kier molecular flexibility index (Phi) is 5.61. The summed E-state index contributed by atoms with van der Waals surface area (Å²) in [5.41, 5.74) is 0.128. The van der Waals surface area contributed by atoms with Gasteiger partial charge in [0.05, 0.1) is 0 Å². The Labute approximate surface area is 153 Å². The Morgan fingerprint density at radius 3 is 2.59 bits per heavy atom. The van der Waals surface area contributed by atoms with Crippen LogP contribution in [-0.4, -0.2) is 25.0 Å². The number of esters is 1. The molecule has 0 spiro atoms. The first kappa shape index (κ1) is 18.3. The van der Waals surface area contributed by atoms with Gasteiger partial charge < -0.3 is 14.5 Å². The van der Waals surface area contributed by atoms with Gasteiger partial charge in [0.2, 0.25) is 0 Å². The summed E-state index contributed by atoms with van der Waals surface area (Å²) in [6, 6.07) is 14.1. The molecule has 0 aliphatic carbocycles. The molecule has 2 aromatic carbocycles. The van der Waals surface area contributed by atoms with Crippen LogP contribution in [0.2, 0.25) is 0 Å². The maximum Gasteiger partial charge on any atom is 0.351 e. The summed E-state index contributed by atoms with van der Waals surface area (Å²) in [4.78, 5) is 35.7. The van der Waals surface area contributed by atoms with Crippen molar-refractivity contribution in [2.75, 3.05) is 13.2 Å². The van der Waals surface area contributed by atoms with E-state index in [1.165, 1.54) is 18.2 Å². The average Bonchev–Trinajstić information content (AvgIpc) is 2.67. The van der Waals surface area contributed by atoms with E-state index in [0.717, 1.165) is 5.56 Å². The Balaban J connectivity index is 1.51. The number of hydrogen-bond acceptors (Lipinski definition) is 5. The molecule has 27 heavy (non-hydrogen) atoms. The van der Waals surface area contributed by atoms with E-state index in [1.54, 1.807) is 36.4 Å². The first-order valence-electron chi connectivity index (χ1n) is 8.24. The zero-order valence-electron chi connectivity index (χ0n) is 14.2. The Hall–Kier alpha value is -3.48. The van der Waals surface area contributed by atoms with Crippen molar-refractivity contribution in [1.82, 2.24) is 5.32 Å². The number of nitrogens with one attached hydrogen (secondary N) is 1. The van der Waals surface area contributed by atoms with Crippen LogP contribution in [-0.2, 0) is 16.0 Å². The third kappa shape index (κ3) is 4.78. The second-order valence-corrected chi connectivity index (χ2v) is 5.79. The highest BCUT2D eigenvalue weighted by molar-refractivity contribution is 5.94. The van der Waals surface area contributed by atoms with Gasteiger partial charge in [0.1, 0.15) is 17.0 Å². The lowest BCUT2D eigenvalue weighted by Crippen LogP contribution is -2.31. The van der Waals surface area contributed by atoms with E-state index in [4.69, 9.17) is 9.15 Å². The molecule has 0 atom stereocenters. The van der Waals surface area contributed by atoms with E-state index in [2.05, 4.69) is 5.32 Å². The molecule has 0 saturated heterocycles. The summed E-state index contributed by atoms with van der Waals surface area (Å²) >= 11 is 0. The highest BCUT2D eigenvalue weighted by atomic mass is 19.1. The smallest absolute Gasteiger partial charge is 0.351 e. The van der Waals surface area contributed by atoms with E-state index < -0.39 is 24.1 Å². The molecule has 0 bridgehead atoms. The summed E-state index contributed by atoms with van der Waals surface area (Å²) in [7, 11) is 0. The maximum atomic E-state index is 12.8. The molecule has 0 aliphatic heterocycles. The van der Waals surface area contributed by atoms with Gasteiger partial charge in [0.15, 0.2) is 6.61 Å². The van der Waals surface area contributed by atoms with Crippen molar-refractivity contribution < 1.29 is 23.1 Å². The summed E-state index contributed by atoms with van der Waals surface area (Å²) in [6.45, 7) is -0.214. The molecule has 0 fully saturated rings. The number of hydrogen-bond donors (Lipinski definition) is 1. The van der Waals surface area contributed by atoms with Crippen LogP contribution in [0.5, 0.6) is 0 Å². The molecule has 0 unspecified atom stereocenters. The lowest BCUT2D eigenvalue weighted by Gasteiger charge is -2.07. The summed E-state index contributed by atoms with van der Waals surface area (Å²) < 4.78 is 22.8. The van der Waals surface area contributed by atoms with Crippen molar-refractivity contribution >= 4 is 22.8 Å². The summed E-state index contributed by atoms with van der Waals surface area (Å²) in [5.74, 6) is -1.76. The van der Waals surface area contributed by atoms with Gasteiger partial charge in [-0.25, -0.2) is 14.0 Å². The van der Waals surface area contributed by atoms with Gasteiger partial charge in [0.25, 0.3) is 5.91 Å². The zero-order valence-corrected chi connectivity index (χ0v) is 14.2. The standard InChI is InChI=1S/C20H16FNO5/c21-15-7-5-13(6-8-15)9-10-22-18(23)12-26-19(24)16-11-14-3-1-2-4-17(14)27-20(16)25/h1-8,11H,9-10,12H2,(H,22,23). The molecular weight excluding hydrogens is 353 g/mol. The molecule has 0 radical (unpaired) electrons. The fourth-order valence-corrected chi connectivity index (χ4v) is 2.46.